The maximum atomic E-state index is 5.66. The van der Waals surface area contributed by atoms with E-state index in [2.05, 4.69) is 34.1 Å². The van der Waals surface area contributed by atoms with Gasteiger partial charge < -0.3 is 9.47 Å². The van der Waals surface area contributed by atoms with Crippen LogP contribution in [0.2, 0.25) is 0 Å². The van der Waals surface area contributed by atoms with Gasteiger partial charge in [-0.1, -0.05) is 58.4 Å². The summed E-state index contributed by atoms with van der Waals surface area (Å²) in [4.78, 5) is 0.321. The molecule has 2 unspecified atom stereocenters. The van der Waals surface area contributed by atoms with Crippen LogP contribution < -0.4 is 0 Å². The first-order valence-corrected chi connectivity index (χ1v) is 6.87. The summed E-state index contributed by atoms with van der Waals surface area (Å²) in [5, 5.41) is 0. The molecule has 2 rings (SSSR count). The number of halogens is 1. The summed E-state index contributed by atoms with van der Waals surface area (Å²) in [6, 6.07) is 10.2. The fourth-order valence-electron chi connectivity index (χ4n) is 1.77. The van der Waals surface area contributed by atoms with Crippen LogP contribution >= 0.6 is 15.9 Å². The number of hydrogen-bond acceptors (Lipinski definition) is 2. The largest absolute Gasteiger partial charge is 0.351 e. The summed E-state index contributed by atoms with van der Waals surface area (Å²) in [7, 11) is 0. The molecule has 1 saturated heterocycles. The summed E-state index contributed by atoms with van der Waals surface area (Å²) >= 11 is 3.58. The molecule has 92 valence electrons. The van der Waals surface area contributed by atoms with Crippen molar-refractivity contribution < 1.29 is 9.47 Å². The van der Waals surface area contributed by atoms with Gasteiger partial charge in [-0.15, -0.1) is 0 Å². The quantitative estimate of drug-likeness (QED) is 0.790. The zero-order valence-corrected chi connectivity index (χ0v) is 11.3. The second-order valence-corrected chi connectivity index (χ2v) is 5.22. The number of benzene rings is 1. The lowest BCUT2D eigenvalue weighted by atomic mass is 10.2. The Bertz CT molecular complexity index is 350. The second kappa shape index (κ2) is 6.94. The molecule has 0 bridgehead atoms. The van der Waals surface area contributed by atoms with Crippen molar-refractivity contribution in [2.24, 2.45) is 0 Å². The summed E-state index contributed by atoms with van der Waals surface area (Å²) < 4.78 is 11.2. The van der Waals surface area contributed by atoms with E-state index in [1.165, 1.54) is 5.56 Å². The molecule has 0 saturated carbocycles. The maximum Gasteiger partial charge on any atom is 0.170 e. The molecule has 1 heterocycles. The Kier molecular flexibility index (Phi) is 5.23. The van der Waals surface area contributed by atoms with Crippen molar-refractivity contribution in [3.63, 3.8) is 0 Å². The molecule has 0 aromatic heterocycles. The standard InChI is InChI=1S/C14H17BrO2/c15-13-9-5-11-17-14(13)16-10-4-8-12-6-2-1-3-7-12/h1-4,6-8,13-14H,5,9-11H2/b8-4+. The molecular weight excluding hydrogens is 280 g/mol. The molecule has 2 nitrogen and oxygen atoms in total. The lowest BCUT2D eigenvalue weighted by molar-refractivity contribution is -0.149. The Morgan fingerprint density at radius 3 is 2.94 bits per heavy atom. The van der Waals surface area contributed by atoms with Gasteiger partial charge in [0, 0.05) is 6.61 Å². The third-order valence-electron chi connectivity index (χ3n) is 2.67. The van der Waals surface area contributed by atoms with Gasteiger partial charge in [-0.05, 0) is 18.4 Å². The lowest BCUT2D eigenvalue weighted by Gasteiger charge is -2.27. The second-order valence-electron chi connectivity index (χ2n) is 4.04. The van der Waals surface area contributed by atoms with Crippen molar-refractivity contribution in [1.29, 1.82) is 0 Å². The Balaban J connectivity index is 1.73. The van der Waals surface area contributed by atoms with Gasteiger partial charge in [0.05, 0.1) is 11.4 Å². The van der Waals surface area contributed by atoms with Crippen LogP contribution in [0.4, 0.5) is 0 Å². The molecule has 17 heavy (non-hydrogen) atoms. The Labute approximate surface area is 111 Å². The van der Waals surface area contributed by atoms with Crippen molar-refractivity contribution in [2.45, 2.75) is 24.0 Å². The Hall–Kier alpha value is -0.640. The highest BCUT2D eigenvalue weighted by Gasteiger charge is 2.23. The fraction of sp³-hybridized carbons (Fsp3) is 0.429. The molecule has 1 aromatic carbocycles. The highest BCUT2D eigenvalue weighted by molar-refractivity contribution is 9.09. The first kappa shape index (κ1) is 12.8. The van der Waals surface area contributed by atoms with Gasteiger partial charge in [0.15, 0.2) is 6.29 Å². The number of rotatable bonds is 4. The smallest absolute Gasteiger partial charge is 0.170 e. The Morgan fingerprint density at radius 1 is 1.35 bits per heavy atom. The molecular formula is C14H17BrO2. The molecule has 0 N–H and O–H groups in total. The third kappa shape index (κ3) is 4.26. The van der Waals surface area contributed by atoms with Crippen LogP contribution in [0.5, 0.6) is 0 Å². The number of hydrogen-bond donors (Lipinski definition) is 0. The van der Waals surface area contributed by atoms with Gasteiger partial charge >= 0.3 is 0 Å². The minimum Gasteiger partial charge on any atom is -0.351 e. The predicted octanol–water partition coefficient (Wildman–Crippen LogP) is 3.62. The molecule has 0 spiro atoms. The lowest BCUT2D eigenvalue weighted by Crippen LogP contribution is -2.32. The molecule has 3 heteroatoms. The molecule has 2 atom stereocenters. The van der Waals surface area contributed by atoms with E-state index in [9.17, 15) is 0 Å². The van der Waals surface area contributed by atoms with Crippen molar-refractivity contribution >= 4 is 22.0 Å². The van der Waals surface area contributed by atoms with E-state index in [4.69, 9.17) is 9.47 Å². The van der Waals surface area contributed by atoms with E-state index in [1.54, 1.807) is 0 Å². The van der Waals surface area contributed by atoms with Gasteiger partial charge in [-0.2, -0.15) is 0 Å². The van der Waals surface area contributed by atoms with Crippen LogP contribution in [-0.2, 0) is 9.47 Å². The molecule has 1 aliphatic rings. The zero-order chi connectivity index (χ0) is 11.9. The summed E-state index contributed by atoms with van der Waals surface area (Å²) in [6.45, 7) is 1.39. The van der Waals surface area contributed by atoms with Crippen LogP contribution in [0.25, 0.3) is 6.08 Å². The molecule has 0 amide bonds. The number of alkyl halides is 1. The average Bonchev–Trinajstić information content (AvgIpc) is 2.38. The van der Waals surface area contributed by atoms with Crippen LogP contribution in [0.1, 0.15) is 18.4 Å². The van der Waals surface area contributed by atoms with Gasteiger partial charge in [0.2, 0.25) is 0 Å². The molecule has 1 fully saturated rings. The van der Waals surface area contributed by atoms with Gasteiger partial charge in [0.25, 0.3) is 0 Å². The minimum atomic E-state index is -0.107. The van der Waals surface area contributed by atoms with Crippen molar-refractivity contribution in [3.8, 4) is 0 Å². The van der Waals surface area contributed by atoms with E-state index in [0.29, 0.717) is 11.4 Å². The molecule has 0 aliphatic carbocycles. The van der Waals surface area contributed by atoms with E-state index >= 15 is 0 Å². The molecule has 1 aliphatic heterocycles. The van der Waals surface area contributed by atoms with Crippen LogP contribution in [0.15, 0.2) is 36.4 Å². The SMILES string of the molecule is BrC1CCCOC1OC/C=C/c1ccccc1. The minimum absolute atomic E-state index is 0.107. The van der Waals surface area contributed by atoms with Crippen LogP contribution in [-0.4, -0.2) is 24.3 Å². The maximum absolute atomic E-state index is 5.66. The topological polar surface area (TPSA) is 18.5 Å². The van der Waals surface area contributed by atoms with E-state index in [-0.39, 0.29) is 6.29 Å². The van der Waals surface area contributed by atoms with Crippen LogP contribution in [0, 0.1) is 0 Å². The summed E-state index contributed by atoms with van der Waals surface area (Å²) in [6.07, 6.45) is 6.20. The Morgan fingerprint density at radius 2 is 2.18 bits per heavy atom. The third-order valence-corrected chi connectivity index (χ3v) is 3.56. The van der Waals surface area contributed by atoms with E-state index in [1.807, 2.05) is 24.3 Å². The monoisotopic (exact) mass is 296 g/mol. The van der Waals surface area contributed by atoms with Crippen molar-refractivity contribution in [2.75, 3.05) is 13.2 Å². The molecule has 0 radical (unpaired) electrons. The van der Waals surface area contributed by atoms with Crippen LogP contribution in [0.3, 0.4) is 0 Å². The molecule has 1 aromatic rings. The van der Waals surface area contributed by atoms with Gasteiger partial charge in [0.1, 0.15) is 0 Å². The highest BCUT2D eigenvalue weighted by Crippen LogP contribution is 2.21. The van der Waals surface area contributed by atoms with Crippen molar-refractivity contribution in [1.82, 2.24) is 0 Å². The first-order chi connectivity index (χ1) is 8.36. The average molecular weight is 297 g/mol. The van der Waals surface area contributed by atoms with Gasteiger partial charge in [-0.25, -0.2) is 0 Å². The van der Waals surface area contributed by atoms with E-state index in [0.717, 1.165) is 19.4 Å². The number of ether oxygens (including phenoxy) is 2. The van der Waals surface area contributed by atoms with Crippen molar-refractivity contribution in [3.05, 3.63) is 42.0 Å². The van der Waals surface area contributed by atoms with E-state index < -0.39 is 0 Å². The predicted molar refractivity (Wildman–Crippen MR) is 73.1 cm³/mol. The normalized spacial score (nSPS) is 25.2. The first-order valence-electron chi connectivity index (χ1n) is 5.95. The highest BCUT2D eigenvalue weighted by atomic mass is 79.9. The van der Waals surface area contributed by atoms with Gasteiger partial charge in [-0.3, -0.25) is 0 Å². The summed E-state index contributed by atoms with van der Waals surface area (Å²) in [5.74, 6) is 0. The fourth-order valence-corrected chi connectivity index (χ4v) is 2.40. The summed E-state index contributed by atoms with van der Waals surface area (Å²) in [5.41, 5.74) is 1.19. The zero-order valence-electron chi connectivity index (χ0n) is 9.72.